The Hall–Kier alpha value is -3.06. The Balaban J connectivity index is 1.16. The van der Waals surface area contributed by atoms with Crippen LogP contribution < -0.4 is 10.2 Å². The zero-order valence-electron chi connectivity index (χ0n) is 18.4. The molecule has 174 valence electrons. The maximum Gasteiger partial charge on any atom is 0.416 e. The van der Waals surface area contributed by atoms with Crippen LogP contribution in [0, 0.1) is 0 Å². The molecule has 1 saturated heterocycles. The first-order valence-electron chi connectivity index (χ1n) is 11.3. The summed E-state index contributed by atoms with van der Waals surface area (Å²) in [5.41, 5.74) is 0.688. The minimum absolute atomic E-state index is 0.0598. The van der Waals surface area contributed by atoms with Crippen molar-refractivity contribution in [2.75, 3.05) is 44.2 Å². The van der Waals surface area contributed by atoms with Crippen LogP contribution >= 0.6 is 0 Å². The summed E-state index contributed by atoms with van der Waals surface area (Å²) < 4.78 is 38.9. The van der Waals surface area contributed by atoms with Gasteiger partial charge in [-0.15, -0.1) is 0 Å². The highest BCUT2D eigenvalue weighted by Crippen LogP contribution is 2.31. The van der Waals surface area contributed by atoms with Gasteiger partial charge in [0, 0.05) is 44.0 Å². The number of anilines is 1. The van der Waals surface area contributed by atoms with Gasteiger partial charge in [-0.3, -0.25) is 9.69 Å². The van der Waals surface area contributed by atoms with E-state index in [0.29, 0.717) is 30.9 Å². The highest BCUT2D eigenvalue weighted by atomic mass is 19.4. The van der Waals surface area contributed by atoms with Crippen molar-refractivity contribution in [3.8, 4) is 0 Å². The molecule has 0 unspecified atom stereocenters. The Morgan fingerprint density at radius 3 is 2.36 bits per heavy atom. The van der Waals surface area contributed by atoms with Crippen molar-refractivity contribution < 1.29 is 18.0 Å². The van der Waals surface area contributed by atoms with E-state index in [1.165, 1.54) is 12.1 Å². The summed E-state index contributed by atoms with van der Waals surface area (Å²) in [4.78, 5) is 16.8. The number of piperazine rings is 1. The SMILES string of the molecule is O=C(NCCCCN1CCN(c2cccc(C(F)(F)F)c2)CC1)c1ccc2ccccc2c1. The number of amides is 1. The summed E-state index contributed by atoms with van der Waals surface area (Å²) in [7, 11) is 0. The molecule has 1 N–H and O–H groups in total. The van der Waals surface area contributed by atoms with Crippen LogP contribution in [0.15, 0.2) is 66.7 Å². The van der Waals surface area contributed by atoms with E-state index in [1.54, 1.807) is 6.07 Å². The molecule has 4 nitrogen and oxygen atoms in total. The number of rotatable bonds is 7. The predicted octanol–water partition coefficient (Wildman–Crippen LogP) is 5.19. The van der Waals surface area contributed by atoms with Crippen LogP contribution in [0.4, 0.5) is 18.9 Å². The van der Waals surface area contributed by atoms with E-state index in [-0.39, 0.29) is 5.91 Å². The summed E-state index contributed by atoms with van der Waals surface area (Å²) in [5, 5.41) is 5.15. The highest BCUT2D eigenvalue weighted by molar-refractivity contribution is 5.98. The van der Waals surface area contributed by atoms with Gasteiger partial charge in [0.15, 0.2) is 0 Å². The molecule has 1 aliphatic heterocycles. The van der Waals surface area contributed by atoms with E-state index in [9.17, 15) is 18.0 Å². The van der Waals surface area contributed by atoms with E-state index in [0.717, 1.165) is 49.3 Å². The molecule has 1 aliphatic rings. The molecule has 4 rings (SSSR count). The maximum atomic E-state index is 13.0. The summed E-state index contributed by atoms with van der Waals surface area (Å²) in [6.45, 7) is 4.59. The number of nitrogens with zero attached hydrogens (tertiary/aromatic N) is 2. The molecular formula is C26H28F3N3O. The van der Waals surface area contributed by atoms with Crippen molar-refractivity contribution >= 4 is 22.4 Å². The first kappa shape index (κ1) is 23.1. The molecule has 0 radical (unpaired) electrons. The average molecular weight is 456 g/mol. The van der Waals surface area contributed by atoms with Crippen molar-refractivity contribution in [3.63, 3.8) is 0 Å². The van der Waals surface area contributed by atoms with Gasteiger partial charge in [0.1, 0.15) is 0 Å². The van der Waals surface area contributed by atoms with E-state index >= 15 is 0 Å². The van der Waals surface area contributed by atoms with Gasteiger partial charge < -0.3 is 10.2 Å². The number of carbonyl (C=O) groups is 1. The largest absolute Gasteiger partial charge is 0.416 e. The third-order valence-corrected chi connectivity index (χ3v) is 6.11. The lowest BCUT2D eigenvalue weighted by molar-refractivity contribution is -0.137. The normalized spacial score (nSPS) is 15.1. The molecule has 0 bridgehead atoms. The fraction of sp³-hybridized carbons (Fsp3) is 0.346. The maximum absolute atomic E-state index is 13.0. The van der Waals surface area contributed by atoms with E-state index in [1.807, 2.05) is 47.4 Å². The Morgan fingerprint density at radius 2 is 1.61 bits per heavy atom. The molecule has 1 heterocycles. The smallest absolute Gasteiger partial charge is 0.369 e. The number of hydrogen-bond donors (Lipinski definition) is 1. The molecule has 0 saturated carbocycles. The number of alkyl halides is 3. The van der Waals surface area contributed by atoms with E-state index in [2.05, 4.69) is 10.2 Å². The van der Waals surface area contributed by atoms with Gasteiger partial charge >= 0.3 is 6.18 Å². The van der Waals surface area contributed by atoms with E-state index in [4.69, 9.17) is 0 Å². The Kier molecular flexibility index (Phi) is 7.18. The molecule has 0 spiro atoms. The van der Waals surface area contributed by atoms with Crippen LogP contribution in [-0.4, -0.2) is 50.1 Å². The number of nitrogens with one attached hydrogen (secondary N) is 1. The van der Waals surface area contributed by atoms with Crippen molar-refractivity contribution in [2.45, 2.75) is 19.0 Å². The quantitative estimate of drug-likeness (QED) is 0.498. The summed E-state index contributed by atoms with van der Waals surface area (Å²) in [6.07, 6.45) is -2.48. The predicted molar refractivity (Wildman–Crippen MR) is 126 cm³/mol. The molecule has 0 aromatic heterocycles. The third kappa shape index (κ3) is 6.05. The monoisotopic (exact) mass is 455 g/mol. The van der Waals surface area contributed by atoms with Crippen LogP contribution in [0.5, 0.6) is 0 Å². The van der Waals surface area contributed by atoms with Crippen LogP contribution in [0.1, 0.15) is 28.8 Å². The van der Waals surface area contributed by atoms with Crippen LogP contribution in [0.25, 0.3) is 10.8 Å². The second-order valence-electron chi connectivity index (χ2n) is 8.40. The molecule has 33 heavy (non-hydrogen) atoms. The van der Waals surface area contributed by atoms with Crippen LogP contribution in [-0.2, 0) is 6.18 Å². The first-order chi connectivity index (χ1) is 15.9. The fourth-order valence-electron chi connectivity index (χ4n) is 4.20. The lowest BCUT2D eigenvalue weighted by Gasteiger charge is -2.36. The van der Waals surface area contributed by atoms with Gasteiger partial charge in [0.2, 0.25) is 0 Å². The second-order valence-corrected chi connectivity index (χ2v) is 8.40. The molecular weight excluding hydrogens is 427 g/mol. The number of benzene rings is 3. The summed E-state index contributed by atoms with van der Waals surface area (Å²) in [5.74, 6) is -0.0598. The second kappa shape index (κ2) is 10.3. The standard InChI is InChI=1S/C26H28F3N3O/c27-26(28,29)23-8-5-9-24(19-23)32-16-14-31(15-17-32)13-4-3-12-30-25(33)22-11-10-20-6-1-2-7-21(20)18-22/h1-2,5-11,18-19H,3-4,12-17H2,(H,30,33). The van der Waals surface area contributed by atoms with Gasteiger partial charge in [0.25, 0.3) is 5.91 Å². The van der Waals surface area contributed by atoms with Crippen LogP contribution in [0.2, 0.25) is 0 Å². The topological polar surface area (TPSA) is 35.6 Å². The Morgan fingerprint density at radius 1 is 0.848 bits per heavy atom. The van der Waals surface area contributed by atoms with Crippen molar-refractivity contribution in [1.82, 2.24) is 10.2 Å². The van der Waals surface area contributed by atoms with Crippen molar-refractivity contribution in [3.05, 3.63) is 77.9 Å². The van der Waals surface area contributed by atoms with Gasteiger partial charge in [0.05, 0.1) is 5.56 Å². The number of carbonyl (C=O) groups excluding carboxylic acids is 1. The third-order valence-electron chi connectivity index (χ3n) is 6.11. The van der Waals surface area contributed by atoms with Crippen molar-refractivity contribution in [1.29, 1.82) is 0 Å². The van der Waals surface area contributed by atoms with Crippen LogP contribution in [0.3, 0.4) is 0 Å². The zero-order chi connectivity index (χ0) is 23.3. The molecule has 0 aliphatic carbocycles. The van der Waals surface area contributed by atoms with Gasteiger partial charge in [-0.25, -0.2) is 0 Å². The van der Waals surface area contributed by atoms with Crippen molar-refractivity contribution in [2.24, 2.45) is 0 Å². The minimum atomic E-state index is -4.32. The molecule has 3 aromatic carbocycles. The number of hydrogen-bond acceptors (Lipinski definition) is 3. The molecule has 3 aromatic rings. The molecule has 1 amide bonds. The Bertz CT molecular complexity index is 1090. The molecule has 1 fully saturated rings. The lowest BCUT2D eigenvalue weighted by Crippen LogP contribution is -2.46. The highest BCUT2D eigenvalue weighted by Gasteiger charge is 2.31. The number of unbranched alkanes of at least 4 members (excludes halogenated alkanes) is 1. The summed E-state index contributed by atoms with van der Waals surface area (Å²) in [6, 6.07) is 19.2. The lowest BCUT2D eigenvalue weighted by atomic mass is 10.1. The summed E-state index contributed by atoms with van der Waals surface area (Å²) >= 11 is 0. The minimum Gasteiger partial charge on any atom is -0.369 e. The molecule has 0 atom stereocenters. The number of fused-ring (bicyclic) bond motifs is 1. The molecule has 7 heteroatoms. The zero-order valence-corrected chi connectivity index (χ0v) is 18.4. The van der Waals surface area contributed by atoms with Gasteiger partial charge in [-0.05, 0) is 60.5 Å². The fourth-order valence-corrected chi connectivity index (χ4v) is 4.20. The van der Waals surface area contributed by atoms with Gasteiger partial charge in [-0.2, -0.15) is 13.2 Å². The first-order valence-corrected chi connectivity index (χ1v) is 11.3. The number of halogens is 3. The van der Waals surface area contributed by atoms with Gasteiger partial charge in [-0.1, -0.05) is 36.4 Å². The van der Waals surface area contributed by atoms with E-state index < -0.39 is 11.7 Å². The Labute approximate surface area is 192 Å². The average Bonchev–Trinajstić information content (AvgIpc) is 2.83.